The molecule has 0 saturated carbocycles. The molecule has 1 saturated heterocycles. The summed E-state index contributed by atoms with van der Waals surface area (Å²) >= 11 is 0. The number of benzene rings is 1. The number of hydrogen-bond donors (Lipinski definition) is 1. The second-order valence-electron chi connectivity index (χ2n) is 9.46. The Kier molecular flexibility index (Phi) is 7.77. The van der Waals surface area contributed by atoms with Gasteiger partial charge < -0.3 is 24.4 Å². The number of methoxy groups -OCH3 is 1. The highest BCUT2D eigenvalue weighted by Crippen LogP contribution is 2.28. The normalized spacial score (nSPS) is 25.5. The Morgan fingerprint density at radius 2 is 1.88 bits per heavy atom. The van der Waals surface area contributed by atoms with Gasteiger partial charge in [-0.3, -0.25) is 9.59 Å². The molecule has 8 heteroatoms. The van der Waals surface area contributed by atoms with E-state index < -0.39 is 23.5 Å². The second-order valence-corrected chi connectivity index (χ2v) is 9.46. The van der Waals surface area contributed by atoms with E-state index in [2.05, 4.69) is 5.32 Å². The van der Waals surface area contributed by atoms with Gasteiger partial charge >= 0.3 is 5.97 Å². The number of rotatable bonds is 1. The van der Waals surface area contributed by atoms with Gasteiger partial charge in [0.2, 0.25) is 11.8 Å². The van der Waals surface area contributed by atoms with Crippen LogP contribution in [0.5, 0.6) is 5.75 Å². The van der Waals surface area contributed by atoms with Crippen molar-refractivity contribution < 1.29 is 28.6 Å². The number of nitrogens with one attached hydrogen (secondary N) is 1. The van der Waals surface area contributed by atoms with Crippen LogP contribution in [0, 0.1) is 5.41 Å². The Morgan fingerprint density at radius 3 is 2.59 bits per heavy atom. The van der Waals surface area contributed by atoms with Crippen LogP contribution in [0.2, 0.25) is 0 Å². The molecule has 3 atom stereocenters. The monoisotopic (exact) mass is 446 g/mol. The van der Waals surface area contributed by atoms with Crippen molar-refractivity contribution >= 4 is 17.8 Å². The van der Waals surface area contributed by atoms with Gasteiger partial charge in [0, 0.05) is 25.1 Å². The smallest absolute Gasteiger partial charge is 0.328 e. The van der Waals surface area contributed by atoms with Crippen LogP contribution >= 0.6 is 0 Å². The van der Waals surface area contributed by atoms with E-state index in [9.17, 15) is 14.4 Å². The van der Waals surface area contributed by atoms with Gasteiger partial charge in [-0.25, -0.2) is 4.79 Å². The van der Waals surface area contributed by atoms with Crippen LogP contribution in [0.4, 0.5) is 0 Å². The van der Waals surface area contributed by atoms with E-state index in [1.807, 2.05) is 45.0 Å². The Labute approximate surface area is 189 Å². The van der Waals surface area contributed by atoms with Gasteiger partial charge in [0.05, 0.1) is 26.2 Å². The standard InChI is InChI=1S/C24H34N2O6/c1-24(2,3)21-22(28)26-15-17(14-18(26)23(29)30-4)31-11-7-8-12-32-19-10-6-5-9-16(19)13-20(27)25-21/h5-6,9-10,17-18,21H,7-8,11-15H2,1-4H3,(H,25,27)/t17-,18+,21?/m1/s1. The fraction of sp³-hybridized carbons (Fsp3) is 0.625. The summed E-state index contributed by atoms with van der Waals surface area (Å²) in [4.78, 5) is 40.5. The third-order valence-corrected chi connectivity index (χ3v) is 5.91. The van der Waals surface area contributed by atoms with Gasteiger partial charge in [-0.15, -0.1) is 0 Å². The number of carbonyl (C=O) groups is 3. The average Bonchev–Trinajstić information content (AvgIpc) is 3.17. The number of carbonyl (C=O) groups excluding carboxylic acids is 3. The van der Waals surface area contributed by atoms with E-state index in [0.29, 0.717) is 31.9 Å². The molecule has 3 rings (SSSR count). The predicted octanol–water partition coefficient (Wildman–Crippen LogP) is 2.09. The Balaban J connectivity index is 1.90. The van der Waals surface area contributed by atoms with Crippen molar-refractivity contribution in [3.05, 3.63) is 29.8 Å². The maximum Gasteiger partial charge on any atom is 0.328 e. The Bertz CT molecular complexity index is 834. The number of fused-ring (bicyclic) bond motifs is 3. The zero-order chi connectivity index (χ0) is 23.3. The number of para-hydroxylation sites is 1. The molecule has 32 heavy (non-hydrogen) atoms. The molecule has 2 aliphatic rings. The van der Waals surface area contributed by atoms with E-state index in [-0.39, 0.29) is 24.3 Å². The lowest BCUT2D eigenvalue weighted by Crippen LogP contribution is -2.57. The molecule has 0 aromatic heterocycles. The molecule has 1 N–H and O–H groups in total. The first-order valence-electron chi connectivity index (χ1n) is 11.2. The van der Waals surface area contributed by atoms with Gasteiger partial charge in [-0.1, -0.05) is 39.0 Å². The minimum atomic E-state index is -0.804. The molecule has 2 bridgehead atoms. The molecule has 1 fully saturated rings. The molecule has 176 valence electrons. The molecular formula is C24H34N2O6. The largest absolute Gasteiger partial charge is 0.493 e. The first kappa shape index (κ1) is 24.0. The summed E-state index contributed by atoms with van der Waals surface area (Å²) < 4.78 is 16.8. The van der Waals surface area contributed by atoms with Gasteiger partial charge in [0.25, 0.3) is 0 Å². The average molecular weight is 447 g/mol. The van der Waals surface area contributed by atoms with Crippen molar-refractivity contribution in [2.45, 2.75) is 64.6 Å². The lowest BCUT2D eigenvalue weighted by Gasteiger charge is -2.35. The summed E-state index contributed by atoms with van der Waals surface area (Å²) in [5.41, 5.74) is 0.204. The minimum Gasteiger partial charge on any atom is -0.493 e. The SMILES string of the molecule is COC(=O)[C@@H]1C[C@@H]2CN1C(=O)C(C(C)(C)C)NC(=O)Cc1ccccc1OCCCCO2. The van der Waals surface area contributed by atoms with Crippen LogP contribution in [0.15, 0.2) is 24.3 Å². The topological polar surface area (TPSA) is 94.2 Å². The van der Waals surface area contributed by atoms with Gasteiger partial charge in [-0.05, 0) is 24.3 Å². The zero-order valence-electron chi connectivity index (χ0n) is 19.4. The highest BCUT2D eigenvalue weighted by Gasteiger charge is 2.45. The molecule has 2 aliphatic heterocycles. The number of nitrogens with zero attached hydrogens (tertiary/aromatic N) is 1. The van der Waals surface area contributed by atoms with Crippen LogP contribution in [-0.2, 0) is 30.3 Å². The van der Waals surface area contributed by atoms with Crippen molar-refractivity contribution in [3.8, 4) is 5.75 Å². The fourth-order valence-corrected chi connectivity index (χ4v) is 4.15. The van der Waals surface area contributed by atoms with Crippen LogP contribution in [-0.4, -0.2) is 67.7 Å². The highest BCUT2D eigenvalue weighted by molar-refractivity contribution is 5.92. The van der Waals surface area contributed by atoms with Gasteiger partial charge in [0.15, 0.2) is 0 Å². The highest BCUT2D eigenvalue weighted by atomic mass is 16.5. The second kappa shape index (κ2) is 10.3. The van der Waals surface area contributed by atoms with Crippen molar-refractivity contribution in [3.63, 3.8) is 0 Å². The summed E-state index contributed by atoms with van der Waals surface area (Å²) in [6, 6.07) is 5.91. The Hall–Kier alpha value is -2.61. The Morgan fingerprint density at radius 1 is 1.16 bits per heavy atom. The molecule has 1 unspecified atom stereocenters. The quantitative estimate of drug-likeness (QED) is 0.664. The van der Waals surface area contributed by atoms with E-state index >= 15 is 0 Å². The molecule has 0 spiro atoms. The van der Waals surface area contributed by atoms with Crippen molar-refractivity contribution in [2.24, 2.45) is 5.41 Å². The molecule has 0 radical (unpaired) electrons. The van der Waals surface area contributed by atoms with Crippen LogP contribution < -0.4 is 10.1 Å². The van der Waals surface area contributed by atoms with Crippen LogP contribution in [0.25, 0.3) is 0 Å². The summed E-state index contributed by atoms with van der Waals surface area (Å²) in [5, 5.41) is 2.91. The number of hydrogen-bond acceptors (Lipinski definition) is 6. The van der Waals surface area contributed by atoms with E-state index in [0.717, 1.165) is 18.4 Å². The third-order valence-electron chi connectivity index (χ3n) is 5.91. The fourth-order valence-electron chi connectivity index (χ4n) is 4.15. The summed E-state index contributed by atoms with van der Waals surface area (Å²) in [5.74, 6) is -0.375. The summed E-state index contributed by atoms with van der Waals surface area (Å²) in [7, 11) is 1.31. The van der Waals surface area contributed by atoms with E-state index in [4.69, 9.17) is 14.2 Å². The first-order valence-corrected chi connectivity index (χ1v) is 11.2. The van der Waals surface area contributed by atoms with Crippen molar-refractivity contribution in [1.82, 2.24) is 10.2 Å². The molecule has 2 amide bonds. The van der Waals surface area contributed by atoms with Gasteiger partial charge in [-0.2, -0.15) is 0 Å². The predicted molar refractivity (Wildman–Crippen MR) is 118 cm³/mol. The third kappa shape index (κ3) is 5.79. The van der Waals surface area contributed by atoms with Crippen molar-refractivity contribution in [2.75, 3.05) is 26.9 Å². The number of esters is 1. The maximum atomic E-state index is 13.6. The molecule has 0 aliphatic carbocycles. The minimum absolute atomic E-state index is 0.0994. The summed E-state index contributed by atoms with van der Waals surface area (Å²) in [6.07, 6.45) is 1.81. The lowest BCUT2D eigenvalue weighted by molar-refractivity contribution is -0.153. The van der Waals surface area contributed by atoms with E-state index in [1.54, 1.807) is 0 Å². The number of ether oxygens (including phenoxy) is 3. The first-order chi connectivity index (χ1) is 15.2. The molecule has 1 aromatic carbocycles. The summed E-state index contributed by atoms with van der Waals surface area (Å²) in [6.45, 7) is 7.01. The number of amides is 2. The maximum absolute atomic E-state index is 13.6. The molecule has 2 heterocycles. The lowest BCUT2D eigenvalue weighted by atomic mass is 9.85. The van der Waals surface area contributed by atoms with E-state index in [1.165, 1.54) is 12.0 Å². The van der Waals surface area contributed by atoms with Crippen molar-refractivity contribution in [1.29, 1.82) is 0 Å². The van der Waals surface area contributed by atoms with Crippen LogP contribution in [0.3, 0.4) is 0 Å². The molecular weight excluding hydrogens is 412 g/mol. The molecule has 1 aromatic rings. The van der Waals surface area contributed by atoms with Crippen LogP contribution in [0.1, 0.15) is 45.6 Å². The molecule has 8 nitrogen and oxygen atoms in total. The van der Waals surface area contributed by atoms with Gasteiger partial charge in [0.1, 0.15) is 17.8 Å². The zero-order valence-corrected chi connectivity index (χ0v) is 19.4.